The maximum absolute atomic E-state index is 12.9. The molecule has 6 nitrogen and oxygen atoms in total. The normalized spacial score (nSPS) is 11.7. The average Bonchev–Trinajstić information content (AvgIpc) is 2.30. The highest BCUT2D eigenvalue weighted by Crippen LogP contribution is 2.19. The maximum Gasteiger partial charge on any atom is 0.328 e. The van der Waals surface area contributed by atoms with Gasteiger partial charge in [-0.1, -0.05) is 0 Å². The number of hydrogen-bond donors (Lipinski definition) is 4. The molecular weight excluding hydrogens is 311 g/mol. The average molecular weight is 321 g/mol. The minimum atomic E-state index is -1.39. The lowest BCUT2D eigenvalue weighted by molar-refractivity contribution is -0.140. The van der Waals surface area contributed by atoms with Gasteiger partial charge in [-0.2, -0.15) is 0 Å². The number of carbonyl (C=O) groups excluding carboxylic acids is 1. The Morgan fingerprint density at radius 3 is 2.61 bits per heavy atom. The van der Waals surface area contributed by atoms with Gasteiger partial charge in [0, 0.05) is 5.69 Å². The minimum absolute atomic E-state index is 0.164. The monoisotopic (exact) mass is 320 g/mol. The summed E-state index contributed by atoms with van der Waals surface area (Å²) < 4.78 is 13.1. The van der Waals surface area contributed by atoms with Gasteiger partial charge in [-0.3, -0.25) is 0 Å². The molecule has 4 N–H and O–H groups in total. The molecule has 0 fully saturated rings. The van der Waals surface area contributed by atoms with Gasteiger partial charge in [0.25, 0.3) is 0 Å². The van der Waals surface area contributed by atoms with E-state index >= 15 is 0 Å². The summed E-state index contributed by atoms with van der Waals surface area (Å²) in [6.07, 6.45) is 0. The van der Waals surface area contributed by atoms with Crippen LogP contribution in [0.25, 0.3) is 0 Å². The number of nitrogens with one attached hydrogen (secondary N) is 2. The van der Waals surface area contributed by atoms with Crippen LogP contribution in [0, 0.1) is 5.82 Å². The number of aliphatic hydroxyl groups is 1. The summed E-state index contributed by atoms with van der Waals surface area (Å²) in [5.74, 6) is -1.84. The Labute approximate surface area is 110 Å². The molecule has 0 bridgehead atoms. The Bertz CT molecular complexity index is 469. The van der Waals surface area contributed by atoms with Gasteiger partial charge in [0.2, 0.25) is 0 Å². The van der Waals surface area contributed by atoms with E-state index in [0.29, 0.717) is 0 Å². The second-order valence-electron chi connectivity index (χ2n) is 3.30. The topological polar surface area (TPSA) is 98.7 Å². The number of urea groups is 1. The van der Waals surface area contributed by atoms with Crippen LogP contribution in [0.5, 0.6) is 0 Å². The van der Waals surface area contributed by atoms with E-state index in [9.17, 15) is 14.0 Å². The zero-order valence-corrected chi connectivity index (χ0v) is 10.6. The molecule has 0 aliphatic rings. The second kappa shape index (κ2) is 6.31. The number of aliphatic hydroxyl groups excluding tert-OH is 1. The highest BCUT2D eigenvalue weighted by Gasteiger charge is 2.18. The molecule has 0 saturated heterocycles. The number of amides is 2. The van der Waals surface area contributed by atoms with E-state index in [-0.39, 0.29) is 10.2 Å². The number of halogens is 2. The van der Waals surface area contributed by atoms with Gasteiger partial charge in [-0.05, 0) is 34.1 Å². The Morgan fingerprint density at radius 2 is 2.11 bits per heavy atom. The number of rotatable bonds is 4. The van der Waals surface area contributed by atoms with E-state index < -0.39 is 30.5 Å². The molecule has 0 spiro atoms. The maximum atomic E-state index is 12.9. The standard InChI is InChI=1S/C10H10BrFN2O4/c11-6-3-5(1-2-7(6)12)13-10(18)14-8(4-15)9(16)17/h1-3,8,15H,4H2,(H,16,17)(H2,13,14,18). The highest BCUT2D eigenvalue weighted by molar-refractivity contribution is 9.10. The molecular formula is C10H10BrFN2O4. The number of benzene rings is 1. The lowest BCUT2D eigenvalue weighted by atomic mass is 10.3. The molecule has 98 valence electrons. The summed E-state index contributed by atoms with van der Waals surface area (Å²) in [6.45, 7) is -0.726. The highest BCUT2D eigenvalue weighted by atomic mass is 79.9. The molecule has 2 amide bonds. The van der Waals surface area contributed by atoms with Crippen LogP contribution in [0.4, 0.5) is 14.9 Å². The fraction of sp³-hybridized carbons (Fsp3) is 0.200. The molecule has 0 aliphatic heterocycles. The third-order valence-electron chi connectivity index (χ3n) is 1.96. The fourth-order valence-corrected chi connectivity index (χ4v) is 1.46. The zero-order valence-electron chi connectivity index (χ0n) is 8.98. The lowest BCUT2D eigenvalue weighted by Crippen LogP contribution is -2.45. The molecule has 0 aromatic heterocycles. The van der Waals surface area contributed by atoms with Crippen LogP contribution in [0.3, 0.4) is 0 Å². The van der Waals surface area contributed by atoms with Crippen LogP contribution >= 0.6 is 15.9 Å². The van der Waals surface area contributed by atoms with Crippen molar-refractivity contribution in [3.8, 4) is 0 Å². The number of carbonyl (C=O) groups is 2. The molecule has 1 unspecified atom stereocenters. The van der Waals surface area contributed by atoms with E-state index in [1.165, 1.54) is 12.1 Å². The molecule has 1 aromatic rings. The van der Waals surface area contributed by atoms with Crippen molar-refractivity contribution in [1.82, 2.24) is 5.32 Å². The Kier molecular flexibility index (Phi) is 5.05. The van der Waals surface area contributed by atoms with Crippen LogP contribution < -0.4 is 10.6 Å². The second-order valence-corrected chi connectivity index (χ2v) is 4.16. The van der Waals surface area contributed by atoms with Crippen molar-refractivity contribution in [2.75, 3.05) is 11.9 Å². The summed E-state index contributed by atoms with van der Waals surface area (Å²) in [6, 6.07) is 1.57. The predicted octanol–water partition coefficient (Wildman–Crippen LogP) is 1.16. The van der Waals surface area contributed by atoms with E-state index in [2.05, 4.69) is 21.2 Å². The van der Waals surface area contributed by atoms with Gasteiger partial charge in [-0.15, -0.1) is 0 Å². The molecule has 0 radical (unpaired) electrons. The molecule has 1 rings (SSSR count). The number of carboxylic acid groups (broad SMARTS) is 1. The van der Waals surface area contributed by atoms with E-state index in [1.54, 1.807) is 0 Å². The SMILES string of the molecule is O=C(Nc1ccc(F)c(Br)c1)NC(CO)C(=O)O. The Balaban J connectivity index is 2.64. The molecule has 8 heteroatoms. The first-order valence-corrected chi connectivity index (χ1v) is 5.59. The molecule has 0 aliphatic carbocycles. The largest absolute Gasteiger partial charge is 0.480 e. The number of aliphatic carboxylic acids is 1. The quantitative estimate of drug-likeness (QED) is 0.669. The van der Waals surface area contributed by atoms with Crippen LogP contribution in [0.2, 0.25) is 0 Å². The Morgan fingerprint density at radius 1 is 1.44 bits per heavy atom. The molecule has 18 heavy (non-hydrogen) atoms. The molecule has 0 heterocycles. The number of anilines is 1. The van der Waals surface area contributed by atoms with Gasteiger partial charge in [0.05, 0.1) is 11.1 Å². The van der Waals surface area contributed by atoms with Gasteiger partial charge in [0.1, 0.15) is 5.82 Å². The minimum Gasteiger partial charge on any atom is -0.480 e. The van der Waals surface area contributed by atoms with Crippen molar-refractivity contribution in [3.63, 3.8) is 0 Å². The smallest absolute Gasteiger partial charge is 0.328 e. The van der Waals surface area contributed by atoms with Crippen molar-refractivity contribution in [2.24, 2.45) is 0 Å². The third kappa shape index (κ3) is 3.97. The van der Waals surface area contributed by atoms with Gasteiger partial charge < -0.3 is 20.8 Å². The first kappa shape index (κ1) is 14.4. The predicted molar refractivity (Wildman–Crippen MR) is 64.8 cm³/mol. The molecule has 0 saturated carbocycles. The van der Waals surface area contributed by atoms with E-state index in [0.717, 1.165) is 6.07 Å². The van der Waals surface area contributed by atoms with Gasteiger partial charge in [0.15, 0.2) is 6.04 Å². The van der Waals surface area contributed by atoms with Gasteiger partial charge >= 0.3 is 12.0 Å². The van der Waals surface area contributed by atoms with Crippen molar-refractivity contribution >= 4 is 33.6 Å². The number of carboxylic acids is 1. The summed E-state index contributed by atoms with van der Waals surface area (Å²) in [5.41, 5.74) is 0.280. The number of hydrogen-bond acceptors (Lipinski definition) is 3. The molecule has 1 aromatic carbocycles. The van der Waals surface area contributed by atoms with Crippen molar-refractivity contribution in [1.29, 1.82) is 0 Å². The van der Waals surface area contributed by atoms with Crippen LogP contribution in [-0.2, 0) is 4.79 Å². The van der Waals surface area contributed by atoms with Crippen molar-refractivity contribution < 1.29 is 24.2 Å². The van der Waals surface area contributed by atoms with Crippen molar-refractivity contribution in [3.05, 3.63) is 28.5 Å². The van der Waals surface area contributed by atoms with Crippen molar-refractivity contribution in [2.45, 2.75) is 6.04 Å². The summed E-state index contributed by atoms with van der Waals surface area (Å²) in [7, 11) is 0. The van der Waals surface area contributed by atoms with Crippen LogP contribution in [-0.4, -0.2) is 34.9 Å². The molecule has 1 atom stereocenters. The lowest BCUT2D eigenvalue weighted by Gasteiger charge is -2.12. The van der Waals surface area contributed by atoms with Crippen LogP contribution in [0.15, 0.2) is 22.7 Å². The van der Waals surface area contributed by atoms with E-state index in [1.807, 2.05) is 5.32 Å². The van der Waals surface area contributed by atoms with Crippen LogP contribution in [0.1, 0.15) is 0 Å². The Hall–Kier alpha value is -1.67. The summed E-state index contributed by atoms with van der Waals surface area (Å²) >= 11 is 2.94. The fourth-order valence-electron chi connectivity index (χ4n) is 1.08. The summed E-state index contributed by atoms with van der Waals surface area (Å²) in [5, 5.41) is 21.7. The third-order valence-corrected chi connectivity index (χ3v) is 2.57. The first-order chi connectivity index (χ1) is 8.43. The first-order valence-electron chi connectivity index (χ1n) is 4.80. The van der Waals surface area contributed by atoms with E-state index in [4.69, 9.17) is 10.2 Å². The van der Waals surface area contributed by atoms with Gasteiger partial charge in [-0.25, -0.2) is 14.0 Å². The summed E-state index contributed by atoms with van der Waals surface area (Å²) in [4.78, 5) is 21.9. The zero-order chi connectivity index (χ0) is 13.7.